The standard InChI is InChI=1S/C2H2O3.Ca.Mg.Na.5H/c3-1-5-2-4;;;;;;;;/h1-2H;;;;;;;;. The molecule has 0 spiro atoms. The molecule has 0 aliphatic heterocycles. The first-order valence-electron chi connectivity index (χ1n) is 0.943. The number of hydrogen-bond donors (Lipinski definition) is 0. The molecule has 0 fully saturated rings. The molecule has 0 aromatic carbocycles. The van der Waals surface area contributed by atoms with E-state index in [0.717, 1.165) is 0 Å². The number of carbonyl (C=O) groups excluding carboxylic acids is 2. The van der Waals surface area contributed by atoms with E-state index in [1.54, 1.807) is 0 Å². The van der Waals surface area contributed by atoms with Crippen LogP contribution in [0.5, 0.6) is 0 Å². The Morgan fingerprint density at radius 2 is 1.38 bits per heavy atom. The van der Waals surface area contributed by atoms with Crippen molar-refractivity contribution in [3.05, 3.63) is 0 Å². The normalized spacial score (nSPS) is 3.50. The Labute approximate surface area is 115 Å². The molecule has 0 amide bonds. The third-order valence-electron chi connectivity index (χ3n) is 0.111. The van der Waals surface area contributed by atoms with Crippen molar-refractivity contribution >= 4 is 103 Å². The van der Waals surface area contributed by atoms with Crippen LogP contribution in [0.15, 0.2) is 0 Å². The third-order valence-corrected chi connectivity index (χ3v) is 0.111. The molecule has 0 radical (unpaired) electrons. The van der Waals surface area contributed by atoms with Gasteiger partial charge in [0.05, 0.1) is 0 Å². The number of ether oxygens (including phenoxy) is 1. The van der Waals surface area contributed by atoms with Crippen LogP contribution < -0.4 is 0 Å². The van der Waals surface area contributed by atoms with Gasteiger partial charge in [-0.25, -0.2) is 0 Å². The van der Waals surface area contributed by atoms with Gasteiger partial charge >= 0.3 is 103 Å². The van der Waals surface area contributed by atoms with Gasteiger partial charge in [0.1, 0.15) is 0 Å². The molecular weight excluding hydrogens is 159 g/mol. The fourth-order valence-electron chi connectivity index (χ4n) is 0.0227. The molecule has 0 aromatic heterocycles. The molecule has 3 nitrogen and oxygen atoms in total. The molecule has 0 rings (SSSR count). The van der Waals surface area contributed by atoms with E-state index in [0.29, 0.717) is 0 Å². The number of rotatable bonds is 2. The Balaban J connectivity index is -0.0000000267. The summed E-state index contributed by atoms with van der Waals surface area (Å²) in [6.45, 7) is 0.125. The van der Waals surface area contributed by atoms with Crippen molar-refractivity contribution in [1.82, 2.24) is 0 Å². The zero-order valence-corrected chi connectivity index (χ0v) is 2.38. The molecule has 0 unspecified atom stereocenters. The van der Waals surface area contributed by atoms with E-state index in [2.05, 4.69) is 4.74 Å². The van der Waals surface area contributed by atoms with Crippen LogP contribution >= 0.6 is 0 Å². The average molecular weight is 166 g/mol. The topological polar surface area (TPSA) is 43.4 Å². The van der Waals surface area contributed by atoms with E-state index in [9.17, 15) is 0 Å². The summed E-state index contributed by atoms with van der Waals surface area (Å²) in [6.07, 6.45) is 0. The van der Waals surface area contributed by atoms with Crippen molar-refractivity contribution in [2.75, 3.05) is 0 Å². The average Bonchev–Trinajstić information content (AvgIpc) is 1.41. The van der Waals surface area contributed by atoms with Crippen LogP contribution in [0.3, 0.4) is 0 Å². The molecule has 6 heteroatoms. The van der Waals surface area contributed by atoms with Gasteiger partial charge in [0, 0.05) is 0 Å². The van der Waals surface area contributed by atoms with Gasteiger partial charge < -0.3 is 4.74 Å². The minimum atomic E-state index is 0. The van der Waals surface area contributed by atoms with E-state index in [1.165, 1.54) is 0 Å². The fourth-order valence-corrected chi connectivity index (χ4v) is 0.0227. The van der Waals surface area contributed by atoms with Crippen molar-refractivity contribution in [2.24, 2.45) is 0 Å². The van der Waals surface area contributed by atoms with E-state index in [1.807, 2.05) is 0 Å². The van der Waals surface area contributed by atoms with E-state index < -0.39 is 0 Å². The van der Waals surface area contributed by atoms with Crippen molar-refractivity contribution in [1.29, 1.82) is 0 Å². The second-order valence-electron chi connectivity index (χ2n) is 0.329. The predicted octanol–water partition coefficient (Wildman–Crippen LogP) is -3.17. The van der Waals surface area contributed by atoms with E-state index in [-0.39, 0.29) is 103 Å². The van der Waals surface area contributed by atoms with E-state index in [4.69, 9.17) is 9.59 Å². The van der Waals surface area contributed by atoms with Crippen LogP contribution in [-0.4, -0.2) is 103 Å². The predicted molar refractivity (Wildman–Crippen MR) is 37.5 cm³/mol. The quantitative estimate of drug-likeness (QED) is 0.247. The second kappa shape index (κ2) is 22.9. The Hall–Kier alpha value is 2.17. The molecule has 0 aliphatic carbocycles. The van der Waals surface area contributed by atoms with Crippen molar-refractivity contribution in [2.45, 2.75) is 0 Å². The number of hydrogen-bond acceptors (Lipinski definition) is 3. The molecule has 0 saturated carbocycles. The Morgan fingerprint density at radius 1 is 1.12 bits per heavy atom. The summed E-state index contributed by atoms with van der Waals surface area (Å²) in [5.41, 5.74) is 0. The zero-order chi connectivity index (χ0) is 4.12. The van der Waals surface area contributed by atoms with Crippen LogP contribution in [0.2, 0.25) is 0 Å². The van der Waals surface area contributed by atoms with Gasteiger partial charge in [0.25, 0.3) is 0 Å². The maximum absolute atomic E-state index is 8.95. The van der Waals surface area contributed by atoms with Gasteiger partial charge in [0.2, 0.25) is 0 Å². The van der Waals surface area contributed by atoms with Gasteiger partial charge in [-0.1, -0.05) is 0 Å². The second-order valence-corrected chi connectivity index (χ2v) is 0.329. The molecule has 0 aromatic rings. The first-order valence-corrected chi connectivity index (χ1v) is 0.943. The molecule has 0 saturated heterocycles. The monoisotopic (exact) mass is 166 g/mol. The molecular formula is C2H7CaMgNaO3. The molecule has 0 N–H and O–H groups in total. The Bertz CT molecular complexity index is 46.5. The molecule has 0 aliphatic rings. The zero-order valence-electron chi connectivity index (χ0n) is 2.38. The molecule has 0 bridgehead atoms. The van der Waals surface area contributed by atoms with Crippen LogP contribution in [0.25, 0.3) is 0 Å². The fraction of sp³-hybridized carbons (Fsp3) is 0. The van der Waals surface area contributed by atoms with Gasteiger partial charge in [-0.15, -0.1) is 0 Å². The molecule has 8 heavy (non-hydrogen) atoms. The molecule has 0 atom stereocenters. The van der Waals surface area contributed by atoms with Gasteiger partial charge in [0.15, 0.2) is 0 Å². The maximum atomic E-state index is 8.95. The molecule has 0 heterocycles. The van der Waals surface area contributed by atoms with Crippen LogP contribution in [-0.2, 0) is 14.3 Å². The summed E-state index contributed by atoms with van der Waals surface area (Å²) in [4.78, 5) is 17.9. The van der Waals surface area contributed by atoms with Crippen molar-refractivity contribution in [3.63, 3.8) is 0 Å². The van der Waals surface area contributed by atoms with Crippen LogP contribution in [0.1, 0.15) is 0 Å². The molecule has 38 valence electrons. The summed E-state index contributed by atoms with van der Waals surface area (Å²) in [7, 11) is 0. The summed E-state index contributed by atoms with van der Waals surface area (Å²) >= 11 is 0. The Morgan fingerprint density at radius 3 is 1.38 bits per heavy atom. The summed E-state index contributed by atoms with van der Waals surface area (Å²) in [5.74, 6) is 0. The summed E-state index contributed by atoms with van der Waals surface area (Å²) in [6, 6.07) is 0. The first kappa shape index (κ1) is 22.5. The number of carbonyl (C=O) groups is 2. The van der Waals surface area contributed by atoms with Crippen LogP contribution in [0, 0.1) is 0 Å². The minimum absolute atomic E-state index is 0. The van der Waals surface area contributed by atoms with E-state index >= 15 is 0 Å². The third kappa shape index (κ3) is 24.2. The first-order chi connectivity index (χ1) is 2.41. The van der Waals surface area contributed by atoms with Gasteiger partial charge in [-0.05, 0) is 0 Å². The van der Waals surface area contributed by atoms with Gasteiger partial charge in [-0.2, -0.15) is 0 Å². The summed E-state index contributed by atoms with van der Waals surface area (Å²) in [5, 5.41) is 0. The summed E-state index contributed by atoms with van der Waals surface area (Å²) < 4.78 is 3.47. The van der Waals surface area contributed by atoms with Crippen molar-refractivity contribution in [3.8, 4) is 0 Å². The van der Waals surface area contributed by atoms with Crippen molar-refractivity contribution < 1.29 is 14.3 Å². The van der Waals surface area contributed by atoms with Crippen LogP contribution in [0.4, 0.5) is 0 Å². The van der Waals surface area contributed by atoms with Gasteiger partial charge in [-0.3, -0.25) is 9.59 Å². The SMILES string of the molecule is O=COC=O.[CaH2].[MgH2].[NaH]. The Kier molecular flexibility index (Phi) is 64.3.